The van der Waals surface area contributed by atoms with Crippen molar-refractivity contribution in [1.29, 1.82) is 0 Å². The summed E-state index contributed by atoms with van der Waals surface area (Å²) in [5.41, 5.74) is -1.34. The van der Waals surface area contributed by atoms with Gasteiger partial charge >= 0.3 is 12.1 Å². The molecular weight excluding hydrogens is 411 g/mol. The second-order valence-corrected chi connectivity index (χ2v) is 7.77. The number of likely N-dealkylation sites (tertiary alicyclic amines) is 1. The van der Waals surface area contributed by atoms with Crippen molar-refractivity contribution in [3.8, 4) is 5.75 Å². The molecule has 1 amide bonds. The SMILES string of the molecule is CC1(C)Oc2ccc(C(F)(F)C(F)(F)F)cc2C(N2CCCC2=O)=C1CNCCO. The lowest BCUT2D eigenvalue weighted by atomic mass is 9.87. The predicted molar refractivity (Wildman–Crippen MR) is 98.9 cm³/mol. The number of aliphatic hydroxyl groups is 1. The van der Waals surface area contributed by atoms with Gasteiger partial charge in [0.2, 0.25) is 5.91 Å². The number of hydrogen-bond donors (Lipinski definition) is 2. The maximum atomic E-state index is 14.0. The number of alkyl halides is 5. The van der Waals surface area contributed by atoms with Crippen molar-refractivity contribution in [3.05, 3.63) is 34.9 Å². The van der Waals surface area contributed by atoms with Crippen molar-refractivity contribution in [2.45, 2.75) is 44.4 Å². The Bertz CT molecular complexity index is 864. The van der Waals surface area contributed by atoms with Crippen LogP contribution in [0.5, 0.6) is 5.75 Å². The summed E-state index contributed by atoms with van der Waals surface area (Å²) in [6.45, 7) is 4.03. The van der Waals surface area contributed by atoms with Gasteiger partial charge in [-0.1, -0.05) is 0 Å². The van der Waals surface area contributed by atoms with Crippen LogP contribution < -0.4 is 10.1 Å². The number of halogens is 5. The number of carbonyl (C=O) groups excluding carboxylic acids is 1. The summed E-state index contributed by atoms with van der Waals surface area (Å²) in [4.78, 5) is 13.9. The van der Waals surface area contributed by atoms with Crippen molar-refractivity contribution in [2.24, 2.45) is 0 Å². The van der Waals surface area contributed by atoms with Gasteiger partial charge in [0.05, 0.1) is 12.3 Å². The third-order valence-electron chi connectivity index (χ3n) is 5.26. The number of fused-ring (bicyclic) bond motifs is 1. The van der Waals surface area contributed by atoms with Crippen molar-refractivity contribution < 1.29 is 36.6 Å². The highest BCUT2D eigenvalue weighted by molar-refractivity contribution is 5.91. The Kier molecular flexibility index (Phi) is 5.85. The van der Waals surface area contributed by atoms with E-state index in [0.29, 0.717) is 24.6 Å². The summed E-state index contributed by atoms with van der Waals surface area (Å²) in [5.74, 6) is -5.16. The minimum atomic E-state index is -5.76. The van der Waals surface area contributed by atoms with Gasteiger partial charge in [-0.15, -0.1) is 0 Å². The zero-order valence-electron chi connectivity index (χ0n) is 16.6. The normalized spacial score (nSPS) is 19.2. The molecule has 0 radical (unpaired) electrons. The van der Waals surface area contributed by atoms with Gasteiger partial charge in [-0.25, -0.2) is 0 Å². The molecule has 0 aliphatic carbocycles. The molecule has 0 aromatic heterocycles. The average Bonchev–Trinajstić information content (AvgIpc) is 3.06. The van der Waals surface area contributed by atoms with Gasteiger partial charge in [0.15, 0.2) is 0 Å². The molecule has 2 N–H and O–H groups in total. The number of nitrogens with zero attached hydrogens (tertiary/aromatic N) is 1. The molecule has 1 saturated heterocycles. The van der Waals surface area contributed by atoms with Crippen molar-refractivity contribution in [3.63, 3.8) is 0 Å². The molecule has 2 heterocycles. The quantitative estimate of drug-likeness (QED) is 0.532. The average molecular weight is 434 g/mol. The molecule has 0 unspecified atom stereocenters. The molecule has 30 heavy (non-hydrogen) atoms. The molecule has 3 rings (SSSR count). The number of aliphatic hydroxyl groups excluding tert-OH is 1. The number of benzene rings is 1. The summed E-state index contributed by atoms with van der Waals surface area (Å²) < 4.78 is 72.7. The minimum absolute atomic E-state index is 0.0202. The van der Waals surface area contributed by atoms with Gasteiger partial charge < -0.3 is 20.1 Å². The van der Waals surface area contributed by atoms with E-state index in [1.54, 1.807) is 13.8 Å². The summed E-state index contributed by atoms with van der Waals surface area (Å²) in [6, 6.07) is 2.54. The Morgan fingerprint density at radius 3 is 2.50 bits per heavy atom. The summed E-state index contributed by atoms with van der Waals surface area (Å²) in [5, 5.41) is 12.0. The Labute approximate surface area is 170 Å². The lowest BCUT2D eigenvalue weighted by molar-refractivity contribution is -0.289. The largest absolute Gasteiger partial charge is 0.483 e. The molecule has 2 aliphatic rings. The molecule has 2 aliphatic heterocycles. The zero-order chi connectivity index (χ0) is 22.3. The molecule has 0 saturated carbocycles. The van der Waals surface area contributed by atoms with Crippen LogP contribution >= 0.6 is 0 Å². The first-order chi connectivity index (χ1) is 13.9. The molecule has 0 bridgehead atoms. The van der Waals surface area contributed by atoms with E-state index in [-0.39, 0.29) is 49.0 Å². The van der Waals surface area contributed by atoms with E-state index in [2.05, 4.69) is 5.32 Å². The second kappa shape index (κ2) is 7.81. The Morgan fingerprint density at radius 2 is 1.93 bits per heavy atom. The molecule has 1 fully saturated rings. The van der Waals surface area contributed by atoms with Gasteiger partial charge in [-0.05, 0) is 38.5 Å². The molecule has 166 valence electrons. The standard InChI is InChI=1S/C20H23F5N2O3/c1-18(2)14(11-26-7-9-28)17(27-8-3-4-16(27)29)13-10-12(5-6-15(13)30-18)19(21,22)20(23,24)25/h5-6,10,26,28H,3-4,7-9,11H2,1-2H3. The summed E-state index contributed by atoms with van der Waals surface area (Å²) in [6.07, 6.45) is -4.94. The van der Waals surface area contributed by atoms with Gasteiger partial charge in [-0.3, -0.25) is 4.79 Å². The van der Waals surface area contributed by atoms with Gasteiger partial charge in [0, 0.05) is 42.8 Å². The smallest absolute Gasteiger partial charge is 0.458 e. The first-order valence-corrected chi connectivity index (χ1v) is 9.54. The van der Waals surface area contributed by atoms with Gasteiger partial charge in [0.25, 0.3) is 0 Å². The maximum absolute atomic E-state index is 14.0. The first kappa shape index (κ1) is 22.5. The van der Waals surface area contributed by atoms with Crippen LogP contribution in [0.1, 0.15) is 37.8 Å². The second-order valence-electron chi connectivity index (χ2n) is 7.77. The van der Waals surface area contributed by atoms with E-state index in [9.17, 15) is 26.7 Å². The topological polar surface area (TPSA) is 61.8 Å². The molecular formula is C20H23F5N2O3. The molecule has 0 spiro atoms. The van der Waals surface area contributed by atoms with Crippen LogP contribution in [-0.2, 0) is 10.7 Å². The number of rotatable bonds is 6. The number of amides is 1. The van der Waals surface area contributed by atoms with Crippen LogP contribution in [0.2, 0.25) is 0 Å². The summed E-state index contributed by atoms with van der Waals surface area (Å²) >= 11 is 0. The fourth-order valence-corrected chi connectivity index (χ4v) is 3.73. The molecule has 10 heteroatoms. The van der Waals surface area contributed by atoms with Crippen LogP contribution in [0.15, 0.2) is 23.8 Å². The van der Waals surface area contributed by atoms with Crippen LogP contribution in [0, 0.1) is 0 Å². The highest BCUT2D eigenvalue weighted by Gasteiger charge is 2.59. The van der Waals surface area contributed by atoms with E-state index >= 15 is 0 Å². The minimum Gasteiger partial charge on any atom is -0.483 e. The first-order valence-electron chi connectivity index (χ1n) is 9.54. The zero-order valence-corrected chi connectivity index (χ0v) is 16.6. The predicted octanol–water partition coefficient (Wildman–Crippen LogP) is 3.43. The third-order valence-corrected chi connectivity index (χ3v) is 5.26. The van der Waals surface area contributed by atoms with E-state index in [0.717, 1.165) is 12.1 Å². The Balaban J connectivity index is 2.20. The van der Waals surface area contributed by atoms with E-state index in [1.165, 1.54) is 4.90 Å². The fraction of sp³-hybridized carbons (Fsp3) is 0.550. The molecule has 1 aromatic rings. The van der Waals surface area contributed by atoms with Crippen LogP contribution in [0.4, 0.5) is 22.0 Å². The monoisotopic (exact) mass is 434 g/mol. The Morgan fingerprint density at radius 1 is 1.23 bits per heavy atom. The highest BCUT2D eigenvalue weighted by Crippen LogP contribution is 2.48. The molecule has 5 nitrogen and oxygen atoms in total. The van der Waals surface area contributed by atoms with E-state index in [4.69, 9.17) is 9.84 Å². The van der Waals surface area contributed by atoms with Crippen molar-refractivity contribution >= 4 is 11.6 Å². The third kappa shape index (κ3) is 3.90. The number of hydrogen-bond acceptors (Lipinski definition) is 4. The van der Waals surface area contributed by atoms with Crippen molar-refractivity contribution in [1.82, 2.24) is 10.2 Å². The number of carbonyl (C=O) groups is 1. The Hall–Kier alpha value is -2.20. The maximum Gasteiger partial charge on any atom is 0.458 e. The van der Waals surface area contributed by atoms with Crippen molar-refractivity contribution in [2.75, 3.05) is 26.2 Å². The lowest BCUT2D eigenvalue weighted by Crippen LogP contribution is -2.43. The van der Waals surface area contributed by atoms with Gasteiger partial charge in [0.1, 0.15) is 11.4 Å². The number of ether oxygens (including phenoxy) is 1. The fourth-order valence-electron chi connectivity index (χ4n) is 3.73. The van der Waals surface area contributed by atoms with Crippen LogP contribution in [0.25, 0.3) is 5.70 Å². The molecule has 1 aromatic carbocycles. The summed E-state index contributed by atoms with van der Waals surface area (Å²) in [7, 11) is 0. The molecule has 0 atom stereocenters. The van der Waals surface area contributed by atoms with Crippen LogP contribution in [0.3, 0.4) is 0 Å². The van der Waals surface area contributed by atoms with E-state index < -0.39 is 23.3 Å². The van der Waals surface area contributed by atoms with E-state index in [1.807, 2.05) is 0 Å². The number of nitrogens with one attached hydrogen (secondary N) is 1. The highest BCUT2D eigenvalue weighted by atomic mass is 19.4. The lowest BCUT2D eigenvalue weighted by Gasteiger charge is -2.40. The van der Waals surface area contributed by atoms with Crippen LogP contribution in [-0.4, -0.2) is 53.9 Å². The van der Waals surface area contributed by atoms with Gasteiger partial charge in [-0.2, -0.15) is 22.0 Å².